The topological polar surface area (TPSA) is 40.5 Å². The van der Waals surface area contributed by atoms with Crippen molar-refractivity contribution in [3.8, 4) is 11.5 Å². The maximum Gasteiger partial charge on any atom is 2.00 e. The fourth-order valence-electron chi connectivity index (χ4n) is 1.37. The first-order valence-electron chi connectivity index (χ1n) is 5.94. The zero-order valence-electron chi connectivity index (χ0n) is 12.6. The van der Waals surface area contributed by atoms with Crippen molar-refractivity contribution in [2.24, 2.45) is 0 Å². The quantitative estimate of drug-likeness (QED) is 0.441. The Morgan fingerprint density at radius 3 is 1.04 bits per heavy atom. The molecule has 2 nitrogen and oxygen atoms in total. The number of phenolic OH excluding ortho intramolecular Hbond substituents is 2. The Morgan fingerprint density at radius 1 is 0.593 bits per heavy atom. The zero-order chi connectivity index (χ0) is 18.7. The largest absolute Gasteiger partial charge is 2.00 e. The van der Waals surface area contributed by atoms with Gasteiger partial charge in [-0.2, -0.15) is 26.3 Å². The molecule has 0 bridgehead atoms. The molecule has 0 atom stereocenters. The standard InChI is InChI=1S/2C7H4F4O.2ClH.Zr/c2*8-5-3-4(7(9,10)11)1-2-6(5)12;;;/h2*1-3,12H;2*1H;/q;;;;+2/p-2. The van der Waals surface area contributed by atoms with E-state index < -0.39 is 46.6 Å². The summed E-state index contributed by atoms with van der Waals surface area (Å²) in [5.41, 5.74) is -2.23. The maximum absolute atomic E-state index is 12.4. The fourth-order valence-corrected chi connectivity index (χ4v) is 1.37. The molecule has 0 radical (unpaired) electrons. The van der Waals surface area contributed by atoms with Gasteiger partial charge >= 0.3 is 38.6 Å². The predicted molar refractivity (Wildman–Crippen MR) is 66.1 cm³/mol. The Labute approximate surface area is 179 Å². The van der Waals surface area contributed by atoms with Gasteiger partial charge in [-0.25, -0.2) is 8.78 Å². The van der Waals surface area contributed by atoms with E-state index in [-0.39, 0.29) is 63.2 Å². The molecule has 27 heavy (non-hydrogen) atoms. The van der Waals surface area contributed by atoms with Gasteiger partial charge in [0.05, 0.1) is 11.1 Å². The summed E-state index contributed by atoms with van der Waals surface area (Å²) in [6.45, 7) is 0. The van der Waals surface area contributed by atoms with Crippen LogP contribution in [-0.2, 0) is 38.6 Å². The van der Waals surface area contributed by atoms with E-state index in [9.17, 15) is 35.1 Å². The zero-order valence-corrected chi connectivity index (χ0v) is 16.6. The van der Waals surface area contributed by atoms with Crippen LogP contribution < -0.4 is 24.8 Å². The van der Waals surface area contributed by atoms with Gasteiger partial charge in [-0.3, -0.25) is 0 Å². The third-order valence-electron chi connectivity index (χ3n) is 2.55. The number of phenols is 2. The second-order valence-corrected chi connectivity index (χ2v) is 4.33. The van der Waals surface area contributed by atoms with Crippen molar-refractivity contribution in [2.45, 2.75) is 12.4 Å². The van der Waals surface area contributed by atoms with Crippen molar-refractivity contribution >= 4 is 0 Å². The molecular weight excluding hydrogens is 514 g/mol. The molecule has 0 saturated heterocycles. The molecule has 0 heterocycles. The first-order valence-corrected chi connectivity index (χ1v) is 5.94. The minimum absolute atomic E-state index is 0. The van der Waals surface area contributed by atoms with E-state index in [0.29, 0.717) is 24.3 Å². The Hall–Kier alpha value is -1.06. The summed E-state index contributed by atoms with van der Waals surface area (Å²) in [4.78, 5) is 0. The van der Waals surface area contributed by atoms with Gasteiger partial charge in [0.25, 0.3) is 0 Å². The predicted octanol–water partition coefficient (Wildman–Crippen LogP) is -0.894. The molecule has 0 fully saturated rings. The van der Waals surface area contributed by atoms with Crippen molar-refractivity contribution in [3.05, 3.63) is 59.2 Å². The van der Waals surface area contributed by atoms with Gasteiger partial charge in [0.15, 0.2) is 23.1 Å². The van der Waals surface area contributed by atoms with E-state index in [4.69, 9.17) is 10.2 Å². The normalized spacial score (nSPS) is 10.4. The average Bonchev–Trinajstić information content (AvgIpc) is 2.43. The molecule has 0 aliphatic rings. The monoisotopic (exact) mass is 520 g/mol. The molecule has 0 amide bonds. The van der Waals surface area contributed by atoms with Crippen molar-refractivity contribution in [1.29, 1.82) is 0 Å². The summed E-state index contributed by atoms with van der Waals surface area (Å²) < 4.78 is 95.8. The van der Waals surface area contributed by atoms with Crippen molar-refractivity contribution < 1.29 is 96.4 Å². The first-order chi connectivity index (χ1) is 10.8. The van der Waals surface area contributed by atoms with Crippen molar-refractivity contribution in [2.75, 3.05) is 0 Å². The SMILES string of the molecule is Oc1ccc(C(F)(F)F)cc1F.Oc1ccc(C(F)(F)F)cc1F.[Cl-].[Cl-].[Zr+2]. The van der Waals surface area contributed by atoms with Crippen LogP contribution in [0.4, 0.5) is 35.1 Å². The van der Waals surface area contributed by atoms with E-state index in [1.165, 1.54) is 0 Å². The average molecular weight is 522 g/mol. The maximum atomic E-state index is 12.4. The summed E-state index contributed by atoms with van der Waals surface area (Å²) in [6, 6.07) is 3.04. The van der Waals surface area contributed by atoms with Crippen molar-refractivity contribution in [3.63, 3.8) is 0 Å². The minimum atomic E-state index is -4.57. The summed E-state index contributed by atoms with van der Waals surface area (Å²) >= 11 is 0. The Morgan fingerprint density at radius 2 is 0.852 bits per heavy atom. The third kappa shape index (κ3) is 9.62. The van der Waals surface area contributed by atoms with Gasteiger partial charge < -0.3 is 35.0 Å². The minimum Gasteiger partial charge on any atom is -1.00 e. The number of alkyl halides is 6. The van der Waals surface area contributed by atoms with E-state index in [0.717, 1.165) is 0 Å². The second-order valence-electron chi connectivity index (χ2n) is 4.33. The number of rotatable bonds is 0. The molecule has 2 N–H and O–H groups in total. The van der Waals surface area contributed by atoms with E-state index in [1.54, 1.807) is 0 Å². The smallest absolute Gasteiger partial charge is 1.00 e. The van der Waals surface area contributed by atoms with E-state index in [1.807, 2.05) is 0 Å². The summed E-state index contributed by atoms with van der Waals surface area (Å²) in [6.07, 6.45) is -9.15. The molecule has 2 rings (SSSR count). The third-order valence-corrected chi connectivity index (χ3v) is 2.55. The molecule has 0 aliphatic heterocycles. The number of aromatic hydroxyl groups is 2. The van der Waals surface area contributed by atoms with Crippen LogP contribution in [0.15, 0.2) is 36.4 Å². The molecule has 13 heteroatoms. The molecule has 150 valence electrons. The molecule has 0 aliphatic carbocycles. The van der Waals surface area contributed by atoms with Crippen LogP contribution in [-0.4, -0.2) is 10.2 Å². The number of halogens is 10. The van der Waals surface area contributed by atoms with Gasteiger partial charge in [0, 0.05) is 0 Å². The van der Waals surface area contributed by atoms with Crippen LogP contribution >= 0.6 is 0 Å². The van der Waals surface area contributed by atoms with Crippen LogP contribution in [0.3, 0.4) is 0 Å². The summed E-state index contributed by atoms with van der Waals surface area (Å²) in [5.74, 6) is -4.12. The number of hydrogen-bond donors (Lipinski definition) is 2. The van der Waals surface area contributed by atoms with Crippen LogP contribution in [0, 0.1) is 11.6 Å². The van der Waals surface area contributed by atoms with E-state index >= 15 is 0 Å². The second kappa shape index (κ2) is 11.7. The fraction of sp³-hybridized carbons (Fsp3) is 0.143. The van der Waals surface area contributed by atoms with Gasteiger partial charge in [0.2, 0.25) is 0 Å². The molecule has 2 aromatic carbocycles. The Balaban J connectivity index is -0.000000384. The van der Waals surface area contributed by atoms with Crippen LogP contribution in [0.25, 0.3) is 0 Å². The van der Waals surface area contributed by atoms with Gasteiger partial charge in [-0.1, -0.05) is 0 Å². The number of hydrogen-bond acceptors (Lipinski definition) is 2. The van der Waals surface area contributed by atoms with E-state index in [2.05, 4.69) is 0 Å². The van der Waals surface area contributed by atoms with Crippen LogP contribution in [0.2, 0.25) is 0 Å². The Kier molecular flexibility index (Phi) is 13.3. The molecular formula is C14H8Cl2F8O2Zr. The van der Waals surface area contributed by atoms with Crippen LogP contribution in [0.1, 0.15) is 11.1 Å². The first kappa shape index (κ1) is 30.7. The number of benzene rings is 2. The van der Waals surface area contributed by atoms with Gasteiger partial charge in [-0.15, -0.1) is 0 Å². The molecule has 0 saturated carbocycles. The molecule has 0 unspecified atom stereocenters. The molecule has 0 aromatic heterocycles. The summed E-state index contributed by atoms with van der Waals surface area (Å²) in [7, 11) is 0. The van der Waals surface area contributed by atoms with Gasteiger partial charge in [0.1, 0.15) is 0 Å². The molecule has 2 aromatic rings. The van der Waals surface area contributed by atoms with Crippen molar-refractivity contribution in [1.82, 2.24) is 0 Å². The van der Waals surface area contributed by atoms with Gasteiger partial charge in [-0.05, 0) is 36.4 Å². The summed E-state index contributed by atoms with van der Waals surface area (Å²) in [5, 5.41) is 17.1. The van der Waals surface area contributed by atoms with Crippen LogP contribution in [0.5, 0.6) is 11.5 Å². The molecule has 0 spiro atoms. The Bertz CT molecular complexity index is 662.